The van der Waals surface area contributed by atoms with E-state index in [1.54, 1.807) is 0 Å². The third kappa shape index (κ3) is 4.08. The average Bonchev–Trinajstić information content (AvgIpc) is 2.87. The fourth-order valence-corrected chi connectivity index (χ4v) is 2.32. The van der Waals surface area contributed by atoms with Gasteiger partial charge in [0.1, 0.15) is 6.54 Å². The Morgan fingerprint density at radius 1 is 1.29 bits per heavy atom. The van der Waals surface area contributed by atoms with E-state index in [2.05, 4.69) is 48.7 Å². The summed E-state index contributed by atoms with van der Waals surface area (Å²) < 4.78 is 2.02. The van der Waals surface area contributed by atoms with Gasteiger partial charge in [0, 0.05) is 24.3 Å². The Morgan fingerprint density at radius 3 is 2.81 bits per heavy atom. The lowest BCUT2D eigenvalue weighted by molar-refractivity contribution is -0.122. The molecule has 1 aromatic carbocycles. The summed E-state index contributed by atoms with van der Waals surface area (Å²) in [5.74, 6) is 0.0685. The number of aromatic nitrogens is 1. The van der Waals surface area contributed by atoms with Crippen LogP contribution in [0.2, 0.25) is 0 Å². The first-order chi connectivity index (χ1) is 10.1. The molecule has 2 N–H and O–H groups in total. The van der Waals surface area contributed by atoms with Crippen LogP contribution in [-0.2, 0) is 17.9 Å². The van der Waals surface area contributed by atoms with Gasteiger partial charge in [-0.25, -0.2) is 0 Å². The normalized spacial score (nSPS) is 12.5. The first-order valence-corrected chi connectivity index (χ1v) is 7.71. The number of rotatable bonds is 7. The van der Waals surface area contributed by atoms with Crippen molar-refractivity contribution in [3.63, 3.8) is 0 Å². The minimum absolute atomic E-state index is 0.0685. The second-order valence-electron chi connectivity index (χ2n) is 5.49. The van der Waals surface area contributed by atoms with Crippen LogP contribution < -0.4 is 10.6 Å². The van der Waals surface area contributed by atoms with E-state index in [0.717, 1.165) is 25.0 Å². The smallest absolute Gasteiger partial charge is 0.240 e. The lowest BCUT2D eigenvalue weighted by Gasteiger charge is -2.12. The van der Waals surface area contributed by atoms with Crippen LogP contribution in [0, 0.1) is 0 Å². The lowest BCUT2D eigenvalue weighted by Crippen LogP contribution is -2.34. The van der Waals surface area contributed by atoms with Crippen molar-refractivity contribution >= 4 is 16.8 Å². The molecule has 4 heteroatoms. The zero-order valence-corrected chi connectivity index (χ0v) is 13.1. The number of benzene rings is 1. The summed E-state index contributed by atoms with van der Waals surface area (Å²) in [4.78, 5) is 12.0. The van der Waals surface area contributed by atoms with Crippen LogP contribution >= 0.6 is 0 Å². The molecule has 0 aliphatic carbocycles. The zero-order chi connectivity index (χ0) is 15.2. The molecule has 1 heterocycles. The van der Waals surface area contributed by atoms with Gasteiger partial charge < -0.3 is 15.2 Å². The van der Waals surface area contributed by atoms with E-state index < -0.39 is 0 Å². The molecule has 1 aromatic heterocycles. The van der Waals surface area contributed by atoms with Crippen molar-refractivity contribution in [3.8, 4) is 0 Å². The van der Waals surface area contributed by atoms with Crippen molar-refractivity contribution in [2.75, 3.05) is 6.54 Å². The Morgan fingerprint density at radius 2 is 2.10 bits per heavy atom. The van der Waals surface area contributed by atoms with Crippen molar-refractivity contribution in [1.29, 1.82) is 0 Å². The SMILES string of the molecule is CCNCc1ccc2ccn(CC(=O)NC(C)CC)c2c1. The van der Waals surface area contributed by atoms with Gasteiger partial charge in [0.15, 0.2) is 0 Å². The Balaban J connectivity index is 2.14. The monoisotopic (exact) mass is 287 g/mol. The van der Waals surface area contributed by atoms with E-state index in [-0.39, 0.29) is 11.9 Å². The molecule has 0 radical (unpaired) electrons. The number of hydrogen-bond donors (Lipinski definition) is 2. The number of fused-ring (bicyclic) bond motifs is 1. The largest absolute Gasteiger partial charge is 0.352 e. The molecule has 0 aliphatic rings. The number of nitrogens with one attached hydrogen (secondary N) is 2. The maximum absolute atomic E-state index is 12.0. The third-order valence-electron chi connectivity index (χ3n) is 3.75. The first kappa shape index (κ1) is 15.6. The van der Waals surface area contributed by atoms with Gasteiger partial charge in [0.05, 0.1) is 0 Å². The molecular weight excluding hydrogens is 262 g/mol. The molecular formula is C17H25N3O. The van der Waals surface area contributed by atoms with Gasteiger partial charge in [-0.15, -0.1) is 0 Å². The van der Waals surface area contributed by atoms with Crippen LogP contribution in [-0.4, -0.2) is 23.1 Å². The summed E-state index contributed by atoms with van der Waals surface area (Å²) in [7, 11) is 0. The number of carbonyl (C=O) groups excluding carboxylic acids is 1. The summed E-state index contributed by atoms with van der Waals surface area (Å²) in [6, 6.07) is 8.69. The molecule has 0 fully saturated rings. The van der Waals surface area contributed by atoms with Gasteiger partial charge in [-0.05, 0) is 43.0 Å². The first-order valence-electron chi connectivity index (χ1n) is 7.71. The van der Waals surface area contributed by atoms with Gasteiger partial charge in [-0.1, -0.05) is 26.0 Å². The van der Waals surface area contributed by atoms with Gasteiger partial charge in [0.25, 0.3) is 0 Å². The van der Waals surface area contributed by atoms with Gasteiger partial charge in [-0.3, -0.25) is 4.79 Å². The summed E-state index contributed by atoms with van der Waals surface area (Å²) in [5.41, 5.74) is 2.36. The van der Waals surface area contributed by atoms with Crippen LogP contribution in [0.5, 0.6) is 0 Å². The topological polar surface area (TPSA) is 46.1 Å². The molecule has 0 saturated heterocycles. The highest BCUT2D eigenvalue weighted by molar-refractivity contribution is 5.83. The van der Waals surface area contributed by atoms with Crippen LogP contribution in [0.4, 0.5) is 0 Å². The molecule has 0 bridgehead atoms. The fourth-order valence-electron chi connectivity index (χ4n) is 2.32. The predicted octanol–water partition coefficient (Wildman–Crippen LogP) is 2.67. The molecule has 21 heavy (non-hydrogen) atoms. The van der Waals surface area contributed by atoms with E-state index in [4.69, 9.17) is 0 Å². The Kier molecular flexibility index (Phi) is 5.39. The highest BCUT2D eigenvalue weighted by atomic mass is 16.2. The summed E-state index contributed by atoms with van der Waals surface area (Å²) in [6.07, 6.45) is 2.93. The molecule has 1 unspecified atom stereocenters. The Labute approximate surface area is 126 Å². The van der Waals surface area contributed by atoms with E-state index >= 15 is 0 Å². The van der Waals surface area contributed by atoms with Gasteiger partial charge in [-0.2, -0.15) is 0 Å². The number of hydrogen-bond acceptors (Lipinski definition) is 2. The molecule has 0 saturated carbocycles. The van der Waals surface area contributed by atoms with Crippen molar-refractivity contribution < 1.29 is 4.79 Å². The van der Waals surface area contributed by atoms with E-state index in [0.29, 0.717) is 6.54 Å². The second kappa shape index (κ2) is 7.27. The minimum atomic E-state index is 0.0685. The zero-order valence-electron chi connectivity index (χ0n) is 13.1. The Bertz CT molecular complexity index is 603. The number of carbonyl (C=O) groups is 1. The maximum Gasteiger partial charge on any atom is 0.240 e. The molecule has 4 nitrogen and oxygen atoms in total. The van der Waals surface area contributed by atoms with E-state index in [1.807, 2.05) is 17.7 Å². The lowest BCUT2D eigenvalue weighted by atomic mass is 10.1. The summed E-state index contributed by atoms with van der Waals surface area (Å²) in [5, 5.41) is 7.51. The average molecular weight is 287 g/mol. The van der Waals surface area contributed by atoms with Crippen LogP contribution in [0.3, 0.4) is 0 Å². The van der Waals surface area contributed by atoms with Crippen LogP contribution in [0.25, 0.3) is 10.9 Å². The molecule has 2 rings (SSSR count). The van der Waals surface area contributed by atoms with Crippen molar-refractivity contribution in [2.45, 2.75) is 46.3 Å². The quantitative estimate of drug-likeness (QED) is 0.822. The second-order valence-corrected chi connectivity index (χ2v) is 5.49. The van der Waals surface area contributed by atoms with Crippen LogP contribution in [0.15, 0.2) is 30.5 Å². The van der Waals surface area contributed by atoms with Crippen molar-refractivity contribution in [1.82, 2.24) is 15.2 Å². The molecule has 114 valence electrons. The van der Waals surface area contributed by atoms with Crippen LogP contribution in [0.1, 0.15) is 32.8 Å². The fraction of sp³-hybridized carbons (Fsp3) is 0.471. The summed E-state index contributed by atoms with van der Waals surface area (Å²) in [6.45, 7) is 8.38. The summed E-state index contributed by atoms with van der Waals surface area (Å²) >= 11 is 0. The highest BCUT2D eigenvalue weighted by Gasteiger charge is 2.09. The number of amides is 1. The molecule has 1 amide bonds. The molecule has 0 aliphatic heterocycles. The van der Waals surface area contributed by atoms with Crippen molar-refractivity contribution in [3.05, 3.63) is 36.0 Å². The minimum Gasteiger partial charge on any atom is -0.352 e. The Hall–Kier alpha value is -1.81. The molecule has 1 atom stereocenters. The number of nitrogens with zero attached hydrogens (tertiary/aromatic N) is 1. The van der Waals surface area contributed by atoms with E-state index in [9.17, 15) is 4.79 Å². The maximum atomic E-state index is 12.0. The standard InChI is InChI=1S/C17H25N3O/c1-4-13(3)19-17(21)12-20-9-8-15-7-6-14(10-16(15)20)11-18-5-2/h6-10,13,18H,4-5,11-12H2,1-3H3,(H,19,21). The van der Waals surface area contributed by atoms with Gasteiger partial charge >= 0.3 is 0 Å². The third-order valence-corrected chi connectivity index (χ3v) is 3.75. The van der Waals surface area contributed by atoms with Gasteiger partial charge in [0.2, 0.25) is 5.91 Å². The van der Waals surface area contributed by atoms with Crippen molar-refractivity contribution in [2.24, 2.45) is 0 Å². The van der Waals surface area contributed by atoms with E-state index in [1.165, 1.54) is 10.9 Å². The predicted molar refractivity (Wildman–Crippen MR) is 87.2 cm³/mol. The highest BCUT2D eigenvalue weighted by Crippen LogP contribution is 2.17. The molecule has 0 spiro atoms. The molecule has 2 aromatic rings.